The standard InChI is InChI=1S/C13H7BrN4O2S/c14-10-3-4-11(9(6-10)7-15)18-21(19,20)13-2-1-5-17-12(13)8-16/h1-6,18H. The summed E-state index contributed by atoms with van der Waals surface area (Å²) in [6, 6.07) is 10.9. The largest absolute Gasteiger partial charge is 0.278 e. The van der Waals surface area contributed by atoms with Crippen LogP contribution in [0.1, 0.15) is 11.3 Å². The number of rotatable bonds is 3. The second-order valence-electron chi connectivity index (χ2n) is 3.87. The van der Waals surface area contributed by atoms with Gasteiger partial charge in [0.15, 0.2) is 5.69 Å². The monoisotopic (exact) mass is 362 g/mol. The minimum atomic E-state index is -4.00. The Morgan fingerprint density at radius 3 is 2.62 bits per heavy atom. The number of nitrogens with one attached hydrogen (secondary N) is 1. The third kappa shape index (κ3) is 3.19. The Labute approximate surface area is 129 Å². The SMILES string of the molecule is N#Cc1cc(Br)ccc1NS(=O)(=O)c1cccnc1C#N. The van der Waals surface area contributed by atoms with Crippen molar-refractivity contribution in [3.63, 3.8) is 0 Å². The van der Waals surface area contributed by atoms with Gasteiger partial charge in [0.25, 0.3) is 10.0 Å². The topological polar surface area (TPSA) is 107 Å². The van der Waals surface area contributed by atoms with Gasteiger partial charge in [0.2, 0.25) is 0 Å². The van der Waals surface area contributed by atoms with Gasteiger partial charge in [0, 0.05) is 10.7 Å². The summed E-state index contributed by atoms with van der Waals surface area (Å²) in [6.07, 6.45) is 1.33. The van der Waals surface area contributed by atoms with Crippen molar-refractivity contribution < 1.29 is 8.42 Å². The highest BCUT2D eigenvalue weighted by atomic mass is 79.9. The number of nitriles is 2. The van der Waals surface area contributed by atoms with Gasteiger partial charge in [0.1, 0.15) is 17.0 Å². The number of hydrogen-bond donors (Lipinski definition) is 1. The van der Waals surface area contributed by atoms with Crippen LogP contribution in [0.4, 0.5) is 5.69 Å². The number of benzene rings is 1. The Bertz CT molecular complexity index is 882. The molecule has 8 heteroatoms. The van der Waals surface area contributed by atoms with Crippen LogP contribution in [0, 0.1) is 22.7 Å². The number of hydrogen-bond acceptors (Lipinski definition) is 5. The Kier molecular flexibility index (Phi) is 4.22. The molecule has 21 heavy (non-hydrogen) atoms. The van der Waals surface area contributed by atoms with Crippen LogP contribution in [-0.4, -0.2) is 13.4 Å². The summed E-state index contributed by atoms with van der Waals surface area (Å²) in [4.78, 5) is 3.47. The van der Waals surface area contributed by atoms with Crippen LogP contribution in [0.3, 0.4) is 0 Å². The smallest absolute Gasteiger partial charge is 0.264 e. The Morgan fingerprint density at radius 1 is 1.19 bits per heavy atom. The third-order valence-corrected chi connectivity index (χ3v) is 4.40. The highest BCUT2D eigenvalue weighted by Crippen LogP contribution is 2.23. The molecule has 0 aliphatic rings. The van der Waals surface area contributed by atoms with E-state index < -0.39 is 10.0 Å². The minimum Gasteiger partial charge on any atom is -0.278 e. The molecular formula is C13H7BrN4O2S. The fourth-order valence-electron chi connectivity index (χ4n) is 1.59. The van der Waals surface area contributed by atoms with Crippen LogP contribution >= 0.6 is 15.9 Å². The first-order valence-corrected chi connectivity index (χ1v) is 7.83. The molecule has 1 N–H and O–H groups in total. The molecule has 0 bridgehead atoms. The van der Waals surface area contributed by atoms with Crippen LogP contribution < -0.4 is 4.72 Å². The van der Waals surface area contributed by atoms with Gasteiger partial charge in [-0.3, -0.25) is 4.72 Å². The van der Waals surface area contributed by atoms with Crippen molar-refractivity contribution in [3.05, 3.63) is 52.3 Å². The maximum Gasteiger partial charge on any atom is 0.264 e. The molecule has 0 fully saturated rings. The second kappa shape index (κ2) is 5.92. The van der Waals surface area contributed by atoms with Gasteiger partial charge in [-0.05, 0) is 30.3 Å². The second-order valence-corrected chi connectivity index (χ2v) is 6.44. The molecule has 0 amide bonds. The average Bonchev–Trinajstić information content (AvgIpc) is 2.48. The number of anilines is 1. The fourth-order valence-corrected chi connectivity index (χ4v) is 3.14. The molecule has 6 nitrogen and oxygen atoms in total. The van der Waals surface area contributed by atoms with Gasteiger partial charge in [-0.1, -0.05) is 15.9 Å². The van der Waals surface area contributed by atoms with E-state index in [0.29, 0.717) is 4.47 Å². The first-order chi connectivity index (χ1) is 9.97. The fraction of sp³-hybridized carbons (Fsp3) is 0. The highest BCUT2D eigenvalue weighted by Gasteiger charge is 2.20. The molecule has 0 radical (unpaired) electrons. The highest BCUT2D eigenvalue weighted by molar-refractivity contribution is 9.10. The summed E-state index contributed by atoms with van der Waals surface area (Å²) < 4.78 is 27.6. The molecule has 1 aromatic heterocycles. The molecular weight excluding hydrogens is 356 g/mol. The molecule has 2 aromatic rings. The van der Waals surface area contributed by atoms with Crippen molar-refractivity contribution in [1.29, 1.82) is 10.5 Å². The van der Waals surface area contributed by atoms with E-state index >= 15 is 0 Å². The van der Waals surface area contributed by atoms with Crippen molar-refractivity contribution >= 4 is 31.6 Å². The number of nitrogens with zero attached hydrogens (tertiary/aromatic N) is 3. The van der Waals surface area contributed by atoms with Crippen molar-refractivity contribution in [3.8, 4) is 12.1 Å². The van der Waals surface area contributed by atoms with Crippen molar-refractivity contribution in [2.45, 2.75) is 4.90 Å². The van der Waals surface area contributed by atoms with E-state index in [-0.39, 0.29) is 21.8 Å². The van der Waals surface area contributed by atoms with Crippen LogP contribution in [0.15, 0.2) is 45.9 Å². The predicted molar refractivity (Wildman–Crippen MR) is 78.6 cm³/mol. The van der Waals surface area contributed by atoms with E-state index in [1.807, 2.05) is 6.07 Å². The molecule has 104 valence electrons. The zero-order chi connectivity index (χ0) is 15.5. The zero-order valence-corrected chi connectivity index (χ0v) is 12.8. The molecule has 0 aliphatic heterocycles. The minimum absolute atomic E-state index is 0.133. The van der Waals surface area contributed by atoms with Crippen LogP contribution in [0.2, 0.25) is 0 Å². The quantitative estimate of drug-likeness (QED) is 0.901. The molecule has 0 saturated heterocycles. The Hall–Kier alpha value is -2.42. The molecule has 0 unspecified atom stereocenters. The van der Waals surface area contributed by atoms with Gasteiger partial charge < -0.3 is 0 Å². The van der Waals surface area contributed by atoms with Gasteiger partial charge in [-0.15, -0.1) is 0 Å². The first kappa shape index (κ1) is 15.0. The van der Waals surface area contributed by atoms with E-state index in [4.69, 9.17) is 10.5 Å². The summed E-state index contributed by atoms with van der Waals surface area (Å²) in [5, 5.41) is 18.0. The molecule has 0 saturated carbocycles. The number of sulfonamides is 1. The van der Waals surface area contributed by atoms with Crippen molar-refractivity contribution in [2.75, 3.05) is 4.72 Å². The van der Waals surface area contributed by atoms with E-state index in [2.05, 4.69) is 25.6 Å². The maximum atomic E-state index is 12.3. The molecule has 0 spiro atoms. The van der Waals surface area contributed by atoms with E-state index in [1.54, 1.807) is 12.1 Å². The lowest BCUT2D eigenvalue weighted by Gasteiger charge is -2.10. The molecule has 1 aromatic carbocycles. The molecule has 1 heterocycles. The van der Waals surface area contributed by atoms with Crippen LogP contribution in [0.25, 0.3) is 0 Å². The van der Waals surface area contributed by atoms with Gasteiger partial charge in [-0.25, -0.2) is 13.4 Å². The summed E-state index contributed by atoms with van der Waals surface area (Å²) >= 11 is 3.20. The van der Waals surface area contributed by atoms with Gasteiger partial charge >= 0.3 is 0 Å². The summed E-state index contributed by atoms with van der Waals surface area (Å²) in [5.41, 5.74) is 0.0874. The number of pyridine rings is 1. The number of aromatic nitrogens is 1. The van der Waals surface area contributed by atoms with E-state index in [1.165, 1.54) is 30.5 Å². The van der Waals surface area contributed by atoms with E-state index in [9.17, 15) is 8.42 Å². The van der Waals surface area contributed by atoms with Gasteiger partial charge in [-0.2, -0.15) is 10.5 Å². The first-order valence-electron chi connectivity index (χ1n) is 5.55. The van der Waals surface area contributed by atoms with Crippen LogP contribution in [-0.2, 0) is 10.0 Å². The lowest BCUT2D eigenvalue weighted by Crippen LogP contribution is -2.15. The normalized spacial score (nSPS) is 10.4. The zero-order valence-electron chi connectivity index (χ0n) is 10.4. The van der Waals surface area contributed by atoms with Crippen molar-refractivity contribution in [1.82, 2.24) is 4.98 Å². The maximum absolute atomic E-state index is 12.3. The summed E-state index contributed by atoms with van der Waals surface area (Å²) in [6.45, 7) is 0. The van der Waals surface area contributed by atoms with Crippen LogP contribution in [0.5, 0.6) is 0 Å². The molecule has 0 atom stereocenters. The lowest BCUT2D eigenvalue weighted by atomic mass is 10.2. The molecule has 0 aliphatic carbocycles. The Morgan fingerprint density at radius 2 is 1.95 bits per heavy atom. The predicted octanol–water partition coefficient (Wildman–Crippen LogP) is 2.39. The van der Waals surface area contributed by atoms with Crippen molar-refractivity contribution in [2.24, 2.45) is 0 Å². The Balaban J connectivity index is 2.49. The summed E-state index contributed by atoms with van der Waals surface area (Å²) in [5.74, 6) is 0. The molecule has 2 rings (SSSR count). The lowest BCUT2D eigenvalue weighted by molar-refractivity contribution is 0.600. The summed E-state index contributed by atoms with van der Waals surface area (Å²) in [7, 11) is -4.00. The average molecular weight is 363 g/mol. The number of halogens is 1. The van der Waals surface area contributed by atoms with Gasteiger partial charge in [0.05, 0.1) is 11.3 Å². The van der Waals surface area contributed by atoms with E-state index in [0.717, 1.165) is 0 Å². The third-order valence-electron chi connectivity index (χ3n) is 2.51.